The lowest BCUT2D eigenvalue weighted by Gasteiger charge is -2.28. The van der Waals surface area contributed by atoms with Crippen LogP contribution in [0.1, 0.15) is 51.9 Å². The van der Waals surface area contributed by atoms with Gasteiger partial charge in [-0.25, -0.2) is 0 Å². The predicted molar refractivity (Wildman–Crippen MR) is 78.8 cm³/mol. The van der Waals surface area contributed by atoms with E-state index in [1.807, 2.05) is 0 Å². The summed E-state index contributed by atoms with van der Waals surface area (Å²) in [5, 5.41) is 11.8. The van der Waals surface area contributed by atoms with Crippen LogP contribution in [0.2, 0.25) is 0 Å². The molecule has 0 spiro atoms. The normalized spacial score (nSPS) is 32.8. The molecule has 0 bridgehead atoms. The third-order valence-electron chi connectivity index (χ3n) is 4.92. The van der Waals surface area contributed by atoms with Crippen LogP contribution in [-0.4, -0.2) is 36.2 Å². The van der Waals surface area contributed by atoms with Crippen molar-refractivity contribution >= 4 is 11.9 Å². The number of hydrogen-bond donors (Lipinski definition) is 2. The van der Waals surface area contributed by atoms with Crippen molar-refractivity contribution in [1.29, 1.82) is 0 Å². The molecule has 120 valence electrons. The molecule has 2 unspecified atom stereocenters. The second-order valence-corrected chi connectivity index (χ2v) is 6.51. The summed E-state index contributed by atoms with van der Waals surface area (Å²) >= 11 is 0. The molecule has 2 aliphatic rings. The first kappa shape index (κ1) is 16.3. The minimum absolute atomic E-state index is 0.0148. The Morgan fingerprint density at radius 1 is 1.14 bits per heavy atom. The van der Waals surface area contributed by atoms with Crippen LogP contribution in [0.25, 0.3) is 0 Å². The van der Waals surface area contributed by atoms with Crippen LogP contribution in [0.4, 0.5) is 0 Å². The number of rotatable bonds is 6. The fraction of sp³-hybridized carbons (Fsp3) is 0.875. The smallest absolute Gasteiger partial charge is 0.306 e. The summed E-state index contributed by atoms with van der Waals surface area (Å²) in [6.07, 6.45) is 6.99. The van der Waals surface area contributed by atoms with Gasteiger partial charge in [-0.3, -0.25) is 9.59 Å². The van der Waals surface area contributed by atoms with E-state index in [1.165, 1.54) is 19.3 Å². The molecule has 2 N–H and O–H groups in total. The van der Waals surface area contributed by atoms with E-state index in [2.05, 4.69) is 12.2 Å². The van der Waals surface area contributed by atoms with Crippen LogP contribution in [-0.2, 0) is 14.3 Å². The van der Waals surface area contributed by atoms with Gasteiger partial charge in [-0.1, -0.05) is 19.8 Å². The average Bonchev–Trinajstić information content (AvgIpc) is 2.95. The summed E-state index contributed by atoms with van der Waals surface area (Å²) in [6, 6.07) is 0. The van der Waals surface area contributed by atoms with E-state index in [0.717, 1.165) is 6.42 Å². The Morgan fingerprint density at radius 2 is 1.86 bits per heavy atom. The molecule has 1 amide bonds. The van der Waals surface area contributed by atoms with Gasteiger partial charge in [0.05, 0.1) is 18.6 Å². The van der Waals surface area contributed by atoms with Gasteiger partial charge in [0.15, 0.2) is 0 Å². The van der Waals surface area contributed by atoms with Crippen molar-refractivity contribution < 1.29 is 19.4 Å². The molecule has 0 saturated heterocycles. The molecule has 0 aromatic carbocycles. The molecule has 0 aromatic rings. The molecule has 0 heterocycles. The minimum atomic E-state index is -0.778. The van der Waals surface area contributed by atoms with Crippen molar-refractivity contribution in [3.05, 3.63) is 0 Å². The lowest BCUT2D eigenvalue weighted by molar-refractivity contribution is -0.141. The maximum atomic E-state index is 12.0. The molecular formula is C16H27NO4. The maximum Gasteiger partial charge on any atom is 0.306 e. The number of hydrogen-bond acceptors (Lipinski definition) is 3. The van der Waals surface area contributed by atoms with E-state index >= 15 is 0 Å². The zero-order valence-corrected chi connectivity index (χ0v) is 12.8. The van der Waals surface area contributed by atoms with Crippen LogP contribution in [0, 0.1) is 17.8 Å². The second kappa shape index (κ2) is 7.78. The van der Waals surface area contributed by atoms with Gasteiger partial charge in [0.2, 0.25) is 5.91 Å². The zero-order valence-electron chi connectivity index (χ0n) is 12.8. The number of carbonyl (C=O) groups is 2. The van der Waals surface area contributed by atoms with Gasteiger partial charge in [0.1, 0.15) is 0 Å². The molecule has 0 radical (unpaired) electrons. The van der Waals surface area contributed by atoms with Gasteiger partial charge < -0.3 is 15.2 Å². The molecule has 2 aliphatic carbocycles. The van der Waals surface area contributed by atoms with E-state index in [-0.39, 0.29) is 17.7 Å². The summed E-state index contributed by atoms with van der Waals surface area (Å²) in [7, 11) is 0. The predicted octanol–water partition coefficient (Wildman–Crippen LogP) is 2.20. The van der Waals surface area contributed by atoms with Gasteiger partial charge in [-0.2, -0.15) is 0 Å². The number of carbonyl (C=O) groups excluding carboxylic acids is 1. The lowest BCUT2D eigenvalue weighted by atomic mass is 9.88. The van der Waals surface area contributed by atoms with E-state index in [1.54, 1.807) is 0 Å². The standard InChI is InChI=1S/C16H27NO4/c1-11-4-2-3-5-14(11)21-9-8-17-15(18)12-6-7-13(10-12)16(19)20/h11-14H,2-10H2,1H3,(H,17,18)(H,19,20)/t11?,12-,13+,14?/m1/s1. The topological polar surface area (TPSA) is 75.6 Å². The third kappa shape index (κ3) is 4.70. The first-order valence-electron chi connectivity index (χ1n) is 8.20. The Morgan fingerprint density at radius 3 is 2.52 bits per heavy atom. The first-order valence-corrected chi connectivity index (χ1v) is 8.20. The van der Waals surface area contributed by atoms with Gasteiger partial charge in [-0.05, 0) is 38.0 Å². The Labute approximate surface area is 126 Å². The van der Waals surface area contributed by atoms with E-state index in [9.17, 15) is 9.59 Å². The maximum absolute atomic E-state index is 12.0. The molecule has 2 fully saturated rings. The van der Waals surface area contributed by atoms with Crippen LogP contribution in [0.5, 0.6) is 0 Å². The van der Waals surface area contributed by atoms with Gasteiger partial charge in [0, 0.05) is 12.5 Å². The average molecular weight is 297 g/mol. The van der Waals surface area contributed by atoms with Crippen LogP contribution in [0.15, 0.2) is 0 Å². The number of amides is 1. The molecule has 5 heteroatoms. The summed E-state index contributed by atoms with van der Waals surface area (Å²) in [5.74, 6) is -0.667. The molecule has 21 heavy (non-hydrogen) atoms. The van der Waals surface area contributed by atoms with Gasteiger partial charge in [-0.15, -0.1) is 0 Å². The first-order chi connectivity index (χ1) is 10.1. The summed E-state index contributed by atoms with van der Waals surface area (Å²) in [5.41, 5.74) is 0. The highest BCUT2D eigenvalue weighted by Gasteiger charge is 2.33. The number of nitrogens with one attached hydrogen (secondary N) is 1. The fourth-order valence-corrected chi connectivity index (χ4v) is 3.50. The molecule has 5 nitrogen and oxygen atoms in total. The van der Waals surface area contributed by atoms with Gasteiger partial charge in [0.25, 0.3) is 0 Å². The number of carboxylic acid groups (broad SMARTS) is 1. The summed E-state index contributed by atoms with van der Waals surface area (Å²) < 4.78 is 5.86. The summed E-state index contributed by atoms with van der Waals surface area (Å²) in [4.78, 5) is 22.9. The quantitative estimate of drug-likeness (QED) is 0.737. The summed E-state index contributed by atoms with van der Waals surface area (Å²) in [6.45, 7) is 3.30. The zero-order chi connectivity index (χ0) is 15.2. The molecular weight excluding hydrogens is 270 g/mol. The highest BCUT2D eigenvalue weighted by molar-refractivity contribution is 5.80. The largest absolute Gasteiger partial charge is 0.481 e. The molecule has 0 aromatic heterocycles. The van der Waals surface area contributed by atoms with Crippen molar-refractivity contribution in [2.45, 2.75) is 58.0 Å². The van der Waals surface area contributed by atoms with E-state index in [0.29, 0.717) is 44.4 Å². The fourth-order valence-electron chi connectivity index (χ4n) is 3.50. The van der Waals surface area contributed by atoms with Crippen LogP contribution in [0.3, 0.4) is 0 Å². The molecule has 2 rings (SSSR count). The van der Waals surface area contributed by atoms with E-state index < -0.39 is 5.97 Å². The van der Waals surface area contributed by atoms with E-state index in [4.69, 9.17) is 9.84 Å². The number of carboxylic acids is 1. The minimum Gasteiger partial charge on any atom is -0.481 e. The molecule has 0 aliphatic heterocycles. The Balaban J connectivity index is 1.60. The lowest BCUT2D eigenvalue weighted by Crippen LogP contribution is -2.34. The highest BCUT2D eigenvalue weighted by Crippen LogP contribution is 2.31. The second-order valence-electron chi connectivity index (χ2n) is 6.51. The SMILES string of the molecule is CC1CCCCC1OCCNC(=O)[C@@H]1CC[C@H](C(=O)O)C1. The van der Waals surface area contributed by atoms with Crippen molar-refractivity contribution in [2.24, 2.45) is 17.8 Å². The monoisotopic (exact) mass is 297 g/mol. The molecule has 2 saturated carbocycles. The number of ether oxygens (including phenoxy) is 1. The highest BCUT2D eigenvalue weighted by atomic mass is 16.5. The van der Waals surface area contributed by atoms with Gasteiger partial charge >= 0.3 is 5.97 Å². The Bertz CT molecular complexity index is 371. The van der Waals surface area contributed by atoms with Crippen molar-refractivity contribution in [2.75, 3.05) is 13.2 Å². The van der Waals surface area contributed by atoms with Crippen LogP contribution >= 0.6 is 0 Å². The van der Waals surface area contributed by atoms with Crippen molar-refractivity contribution in [3.8, 4) is 0 Å². The van der Waals surface area contributed by atoms with Crippen LogP contribution < -0.4 is 5.32 Å². The molecule has 4 atom stereocenters. The van der Waals surface area contributed by atoms with Crippen molar-refractivity contribution in [1.82, 2.24) is 5.32 Å². The number of aliphatic carboxylic acids is 1. The Hall–Kier alpha value is -1.10. The third-order valence-corrected chi connectivity index (χ3v) is 4.92. The van der Waals surface area contributed by atoms with Crippen molar-refractivity contribution in [3.63, 3.8) is 0 Å². The Kier molecular flexibility index (Phi) is 6.03.